The summed E-state index contributed by atoms with van der Waals surface area (Å²) in [5.41, 5.74) is 0.846. The molecule has 0 saturated heterocycles. The van der Waals surface area contributed by atoms with Gasteiger partial charge in [-0.25, -0.2) is 0 Å². The van der Waals surface area contributed by atoms with E-state index in [1.807, 2.05) is 20.8 Å². The number of hydrogen-bond donors (Lipinski definition) is 2. The first-order valence-corrected chi connectivity index (χ1v) is 8.92. The largest absolute Gasteiger partial charge is 0.479 e. The molecule has 0 aliphatic carbocycles. The molecule has 2 amide bonds. The molecule has 2 N–H and O–H groups in total. The van der Waals surface area contributed by atoms with Crippen LogP contribution >= 0.6 is 11.6 Å². The first-order valence-electron chi connectivity index (χ1n) is 8.54. The van der Waals surface area contributed by atoms with Crippen LogP contribution in [0.4, 0.5) is 5.69 Å². The van der Waals surface area contributed by atoms with Gasteiger partial charge in [0.15, 0.2) is 6.10 Å². The van der Waals surface area contributed by atoms with E-state index in [0.717, 1.165) is 0 Å². The van der Waals surface area contributed by atoms with Crippen molar-refractivity contribution in [2.45, 2.75) is 39.3 Å². The standard InChI is InChI=1S/C20H23ClN2O3/c1-4-17(26-18-12-8-6-10-15(18)21)20(25)23-16-11-7-5-9-14(16)19(24)22-13(2)3/h5-13,17H,4H2,1-3H3,(H,22,24)(H,23,25). The maximum atomic E-state index is 12.6. The average molecular weight is 375 g/mol. The molecule has 1 atom stereocenters. The van der Waals surface area contributed by atoms with Gasteiger partial charge in [-0.1, -0.05) is 42.8 Å². The lowest BCUT2D eigenvalue weighted by Gasteiger charge is -2.19. The molecule has 2 aromatic carbocycles. The van der Waals surface area contributed by atoms with Gasteiger partial charge in [-0.05, 0) is 44.5 Å². The Hall–Kier alpha value is -2.53. The molecule has 0 radical (unpaired) electrons. The number of benzene rings is 2. The number of hydrogen-bond acceptors (Lipinski definition) is 3. The predicted molar refractivity (Wildman–Crippen MR) is 104 cm³/mol. The molecule has 1 unspecified atom stereocenters. The minimum Gasteiger partial charge on any atom is -0.479 e. The van der Waals surface area contributed by atoms with Gasteiger partial charge in [-0.2, -0.15) is 0 Å². The summed E-state index contributed by atoms with van der Waals surface area (Å²) >= 11 is 6.10. The SMILES string of the molecule is CCC(Oc1ccccc1Cl)C(=O)Nc1ccccc1C(=O)NC(C)C. The molecule has 0 aromatic heterocycles. The molecule has 5 nitrogen and oxygen atoms in total. The van der Waals surface area contributed by atoms with Crippen molar-refractivity contribution in [2.75, 3.05) is 5.32 Å². The summed E-state index contributed by atoms with van der Waals surface area (Å²) < 4.78 is 5.75. The number of carbonyl (C=O) groups excluding carboxylic acids is 2. The highest BCUT2D eigenvalue weighted by Crippen LogP contribution is 2.25. The van der Waals surface area contributed by atoms with Crippen molar-refractivity contribution >= 4 is 29.1 Å². The van der Waals surface area contributed by atoms with E-state index in [4.69, 9.17) is 16.3 Å². The fourth-order valence-corrected chi connectivity index (χ4v) is 2.54. The number of anilines is 1. The van der Waals surface area contributed by atoms with E-state index in [-0.39, 0.29) is 17.9 Å². The highest BCUT2D eigenvalue weighted by molar-refractivity contribution is 6.32. The van der Waals surface area contributed by atoms with E-state index in [1.165, 1.54) is 0 Å². The van der Waals surface area contributed by atoms with Crippen LogP contribution in [0.2, 0.25) is 5.02 Å². The zero-order chi connectivity index (χ0) is 19.1. The minimum absolute atomic E-state index is 0.00166. The van der Waals surface area contributed by atoms with Crippen molar-refractivity contribution in [3.63, 3.8) is 0 Å². The number of para-hydroxylation sites is 2. The second kappa shape index (κ2) is 9.25. The van der Waals surface area contributed by atoms with Crippen LogP contribution in [-0.4, -0.2) is 24.0 Å². The van der Waals surface area contributed by atoms with E-state index in [2.05, 4.69) is 10.6 Å². The van der Waals surface area contributed by atoms with Crippen molar-refractivity contribution in [2.24, 2.45) is 0 Å². The lowest BCUT2D eigenvalue weighted by molar-refractivity contribution is -0.122. The Morgan fingerprint density at radius 3 is 2.38 bits per heavy atom. The molecule has 0 aliphatic rings. The number of ether oxygens (including phenoxy) is 1. The molecule has 0 fully saturated rings. The summed E-state index contributed by atoms with van der Waals surface area (Å²) in [6.07, 6.45) is -0.270. The third-order valence-corrected chi connectivity index (χ3v) is 3.93. The van der Waals surface area contributed by atoms with Gasteiger partial charge in [0, 0.05) is 6.04 Å². The van der Waals surface area contributed by atoms with E-state index in [0.29, 0.717) is 28.4 Å². The predicted octanol–water partition coefficient (Wildman–Crippen LogP) is 4.27. The number of rotatable bonds is 7. The summed E-state index contributed by atoms with van der Waals surface area (Å²) in [5.74, 6) is -0.129. The zero-order valence-corrected chi connectivity index (χ0v) is 15.8. The van der Waals surface area contributed by atoms with Gasteiger partial charge in [0.2, 0.25) is 0 Å². The van der Waals surface area contributed by atoms with Gasteiger partial charge in [0.05, 0.1) is 16.3 Å². The second-order valence-electron chi connectivity index (χ2n) is 6.11. The lowest BCUT2D eigenvalue weighted by atomic mass is 10.1. The summed E-state index contributed by atoms with van der Waals surface area (Å²) in [7, 11) is 0. The Kier molecular flexibility index (Phi) is 7.04. The lowest BCUT2D eigenvalue weighted by Crippen LogP contribution is -2.34. The van der Waals surface area contributed by atoms with Crippen molar-refractivity contribution in [1.82, 2.24) is 5.32 Å². The molecule has 2 rings (SSSR count). The van der Waals surface area contributed by atoms with Crippen LogP contribution in [0.15, 0.2) is 48.5 Å². The van der Waals surface area contributed by atoms with Crippen molar-refractivity contribution in [1.29, 1.82) is 0 Å². The van der Waals surface area contributed by atoms with E-state index in [1.54, 1.807) is 48.5 Å². The van der Waals surface area contributed by atoms with E-state index >= 15 is 0 Å². The summed E-state index contributed by atoms with van der Waals surface area (Å²) in [6, 6.07) is 13.9. The average Bonchev–Trinajstić information content (AvgIpc) is 2.60. The molecule has 2 aromatic rings. The Morgan fingerprint density at radius 2 is 1.73 bits per heavy atom. The topological polar surface area (TPSA) is 67.4 Å². The number of amides is 2. The summed E-state index contributed by atoms with van der Waals surface area (Å²) in [6.45, 7) is 5.60. The molecule has 0 spiro atoms. The highest BCUT2D eigenvalue weighted by Gasteiger charge is 2.21. The van der Waals surface area contributed by atoms with Crippen LogP contribution in [0.1, 0.15) is 37.6 Å². The Balaban J connectivity index is 2.15. The van der Waals surface area contributed by atoms with Crippen molar-refractivity contribution in [3.8, 4) is 5.75 Å². The van der Waals surface area contributed by atoms with E-state index < -0.39 is 6.10 Å². The van der Waals surface area contributed by atoms with Gasteiger partial charge < -0.3 is 15.4 Å². The molecule has 0 saturated carbocycles. The van der Waals surface area contributed by atoms with Gasteiger partial charge in [-0.15, -0.1) is 0 Å². The fourth-order valence-electron chi connectivity index (χ4n) is 2.36. The zero-order valence-electron chi connectivity index (χ0n) is 15.1. The minimum atomic E-state index is -0.726. The van der Waals surface area contributed by atoms with Crippen molar-refractivity contribution < 1.29 is 14.3 Å². The first kappa shape index (κ1) is 19.8. The smallest absolute Gasteiger partial charge is 0.265 e. The van der Waals surface area contributed by atoms with Crippen LogP contribution in [0.5, 0.6) is 5.75 Å². The molecular weight excluding hydrogens is 352 g/mol. The maximum absolute atomic E-state index is 12.6. The normalized spacial score (nSPS) is 11.7. The van der Waals surface area contributed by atoms with Crippen molar-refractivity contribution in [3.05, 3.63) is 59.1 Å². The third-order valence-electron chi connectivity index (χ3n) is 3.62. The Morgan fingerprint density at radius 1 is 1.08 bits per heavy atom. The number of nitrogens with one attached hydrogen (secondary N) is 2. The third kappa shape index (κ3) is 5.23. The molecule has 0 aliphatic heterocycles. The fraction of sp³-hybridized carbons (Fsp3) is 0.300. The molecule has 26 heavy (non-hydrogen) atoms. The van der Waals surface area contributed by atoms with Crippen LogP contribution in [0.3, 0.4) is 0 Å². The summed E-state index contributed by atoms with van der Waals surface area (Å²) in [4.78, 5) is 25.0. The number of carbonyl (C=O) groups is 2. The monoisotopic (exact) mass is 374 g/mol. The molecule has 6 heteroatoms. The molecule has 138 valence electrons. The number of halogens is 1. The first-order chi connectivity index (χ1) is 12.4. The quantitative estimate of drug-likeness (QED) is 0.760. The molecular formula is C20H23ClN2O3. The second-order valence-corrected chi connectivity index (χ2v) is 6.52. The van der Waals surface area contributed by atoms with Crippen LogP contribution in [-0.2, 0) is 4.79 Å². The van der Waals surface area contributed by atoms with Gasteiger partial charge in [0.25, 0.3) is 11.8 Å². The van der Waals surface area contributed by atoms with Gasteiger partial charge in [-0.3, -0.25) is 9.59 Å². The molecule has 0 heterocycles. The van der Waals surface area contributed by atoms with Gasteiger partial charge >= 0.3 is 0 Å². The molecule has 0 bridgehead atoms. The van der Waals surface area contributed by atoms with E-state index in [9.17, 15) is 9.59 Å². The Bertz CT molecular complexity index is 777. The van der Waals surface area contributed by atoms with Crippen LogP contribution in [0, 0.1) is 0 Å². The maximum Gasteiger partial charge on any atom is 0.265 e. The van der Waals surface area contributed by atoms with Crippen LogP contribution in [0.25, 0.3) is 0 Å². The van der Waals surface area contributed by atoms with Crippen LogP contribution < -0.4 is 15.4 Å². The van der Waals surface area contributed by atoms with Gasteiger partial charge in [0.1, 0.15) is 5.75 Å². The highest BCUT2D eigenvalue weighted by atomic mass is 35.5. The Labute approximate surface area is 158 Å². The summed E-state index contributed by atoms with van der Waals surface area (Å²) in [5, 5.41) is 6.05.